The lowest BCUT2D eigenvalue weighted by Crippen LogP contribution is -2.25. The highest BCUT2D eigenvalue weighted by molar-refractivity contribution is 5.97. The number of aromatic amines is 1. The molecule has 0 spiro atoms. The van der Waals surface area contributed by atoms with E-state index in [4.69, 9.17) is 4.84 Å². The largest absolute Gasteiger partial charge is 0.349 e. The van der Waals surface area contributed by atoms with Gasteiger partial charge in [0.15, 0.2) is 0 Å². The molecular weight excluding hydrogens is 194 g/mol. The Hall–Kier alpha value is -1.88. The molecule has 78 valence electrons. The van der Waals surface area contributed by atoms with E-state index >= 15 is 0 Å². The van der Waals surface area contributed by atoms with Gasteiger partial charge in [-0.05, 0) is 12.1 Å². The Morgan fingerprint density at radius 1 is 1.60 bits per heavy atom. The zero-order valence-corrected chi connectivity index (χ0v) is 8.52. The molecular formula is C10H11N3O2. The Morgan fingerprint density at radius 3 is 3.07 bits per heavy atom. The normalized spacial score (nSPS) is 10.5. The summed E-state index contributed by atoms with van der Waals surface area (Å²) in [4.78, 5) is 23.4. The SMILES string of the molecule is CON(C)C(=O)c1cc2ccncc2[nH]1. The predicted octanol–water partition coefficient (Wildman–Crippen LogP) is 1.20. The lowest BCUT2D eigenvalue weighted by atomic mass is 10.3. The number of pyridine rings is 1. The van der Waals surface area contributed by atoms with Crippen molar-refractivity contribution in [1.82, 2.24) is 15.0 Å². The quantitative estimate of drug-likeness (QED) is 0.749. The lowest BCUT2D eigenvalue weighted by Gasteiger charge is -2.11. The number of rotatable bonds is 2. The van der Waals surface area contributed by atoms with Crippen LogP contribution in [0.4, 0.5) is 0 Å². The van der Waals surface area contributed by atoms with Crippen molar-refractivity contribution in [2.24, 2.45) is 0 Å². The van der Waals surface area contributed by atoms with Crippen LogP contribution in [0.1, 0.15) is 10.5 Å². The van der Waals surface area contributed by atoms with Crippen molar-refractivity contribution in [2.75, 3.05) is 14.2 Å². The van der Waals surface area contributed by atoms with E-state index in [9.17, 15) is 4.79 Å². The van der Waals surface area contributed by atoms with Gasteiger partial charge < -0.3 is 4.98 Å². The first-order valence-electron chi connectivity index (χ1n) is 4.47. The fourth-order valence-electron chi connectivity index (χ4n) is 1.34. The van der Waals surface area contributed by atoms with Crippen LogP contribution < -0.4 is 0 Å². The van der Waals surface area contributed by atoms with E-state index in [1.165, 1.54) is 7.11 Å². The molecule has 0 unspecified atom stereocenters. The summed E-state index contributed by atoms with van der Waals surface area (Å²) in [7, 11) is 3.01. The second kappa shape index (κ2) is 3.70. The summed E-state index contributed by atoms with van der Waals surface area (Å²) < 4.78 is 0. The maximum atomic E-state index is 11.7. The fraction of sp³-hybridized carbons (Fsp3) is 0.200. The van der Waals surface area contributed by atoms with Crippen LogP contribution in [-0.4, -0.2) is 35.1 Å². The molecule has 0 radical (unpaired) electrons. The van der Waals surface area contributed by atoms with Crippen molar-refractivity contribution in [1.29, 1.82) is 0 Å². The molecule has 2 aromatic heterocycles. The van der Waals surface area contributed by atoms with Gasteiger partial charge in [0.2, 0.25) is 0 Å². The second-order valence-corrected chi connectivity index (χ2v) is 3.13. The van der Waals surface area contributed by atoms with Crippen LogP contribution in [0, 0.1) is 0 Å². The van der Waals surface area contributed by atoms with Gasteiger partial charge in [0, 0.05) is 18.6 Å². The van der Waals surface area contributed by atoms with Gasteiger partial charge in [0.25, 0.3) is 5.91 Å². The molecule has 0 aliphatic rings. The zero-order chi connectivity index (χ0) is 10.8. The lowest BCUT2D eigenvalue weighted by molar-refractivity contribution is -0.0759. The van der Waals surface area contributed by atoms with Gasteiger partial charge in [-0.2, -0.15) is 0 Å². The molecule has 5 nitrogen and oxygen atoms in total. The van der Waals surface area contributed by atoms with Gasteiger partial charge in [-0.25, -0.2) is 5.06 Å². The van der Waals surface area contributed by atoms with Crippen LogP contribution in [0.2, 0.25) is 0 Å². The van der Waals surface area contributed by atoms with Crippen LogP contribution in [0.15, 0.2) is 24.5 Å². The number of hydroxylamine groups is 2. The van der Waals surface area contributed by atoms with Crippen molar-refractivity contribution in [2.45, 2.75) is 0 Å². The molecule has 0 atom stereocenters. The Balaban J connectivity index is 2.41. The minimum Gasteiger partial charge on any atom is -0.349 e. The average Bonchev–Trinajstić information content (AvgIpc) is 2.70. The zero-order valence-electron chi connectivity index (χ0n) is 8.52. The van der Waals surface area contributed by atoms with Gasteiger partial charge in [-0.1, -0.05) is 0 Å². The molecule has 1 N–H and O–H groups in total. The minimum atomic E-state index is -0.214. The Morgan fingerprint density at radius 2 is 2.40 bits per heavy atom. The molecule has 0 saturated heterocycles. The summed E-state index contributed by atoms with van der Waals surface area (Å²) in [5, 5.41) is 2.12. The average molecular weight is 205 g/mol. The third-order valence-corrected chi connectivity index (χ3v) is 2.21. The summed E-state index contributed by atoms with van der Waals surface area (Å²) in [6.45, 7) is 0. The summed E-state index contributed by atoms with van der Waals surface area (Å²) in [6, 6.07) is 3.62. The van der Waals surface area contributed by atoms with Gasteiger partial charge >= 0.3 is 0 Å². The maximum Gasteiger partial charge on any atom is 0.293 e. The molecule has 0 saturated carbocycles. The van der Waals surface area contributed by atoms with Crippen LogP contribution in [0.25, 0.3) is 10.9 Å². The van der Waals surface area contributed by atoms with Crippen LogP contribution in [0.3, 0.4) is 0 Å². The topological polar surface area (TPSA) is 58.2 Å². The summed E-state index contributed by atoms with van der Waals surface area (Å²) >= 11 is 0. The van der Waals surface area contributed by atoms with E-state index in [1.54, 1.807) is 25.5 Å². The summed E-state index contributed by atoms with van der Waals surface area (Å²) in [5.41, 5.74) is 1.33. The highest BCUT2D eigenvalue weighted by Crippen LogP contribution is 2.14. The molecule has 0 aliphatic heterocycles. The molecule has 2 rings (SSSR count). The number of hydrogen-bond acceptors (Lipinski definition) is 3. The highest BCUT2D eigenvalue weighted by atomic mass is 16.7. The van der Waals surface area contributed by atoms with Crippen LogP contribution >= 0.6 is 0 Å². The van der Waals surface area contributed by atoms with Crippen LogP contribution in [0.5, 0.6) is 0 Å². The summed E-state index contributed by atoms with van der Waals surface area (Å²) in [6.07, 6.45) is 3.36. The number of aromatic nitrogens is 2. The smallest absolute Gasteiger partial charge is 0.293 e. The third kappa shape index (κ3) is 1.69. The van der Waals surface area contributed by atoms with E-state index in [0.717, 1.165) is 16.0 Å². The van der Waals surface area contributed by atoms with E-state index in [1.807, 2.05) is 6.07 Å². The number of carbonyl (C=O) groups is 1. The Labute approximate surface area is 86.6 Å². The summed E-state index contributed by atoms with van der Waals surface area (Å²) in [5.74, 6) is -0.214. The molecule has 2 heterocycles. The number of nitrogens with one attached hydrogen (secondary N) is 1. The Kier molecular flexibility index (Phi) is 2.39. The standard InChI is InChI=1S/C10H11N3O2/c1-13(15-2)10(14)8-5-7-3-4-11-6-9(7)12-8/h3-6,12H,1-2H3. The number of nitrogens with zero attached hydrogens (tertiary/aromatic N) is 2. The second-order valence-electron chi connectivity index (χ2n) is 3.13. The van der Waals surface area contributed by atoms with E-state index < -0.39 is 0 Å². The minimum absolute atomic E-state index is 0.214. The van der Waals surface area contributed by atoms with Gasteiger partial charge in [-0.3, -0.25) is 14.6 Å². The van der Waals surface area contributed by atoms with E-state index in [0.29, 0.717) is 5.69 Å². The first kappa shape index (κ1) is 9.67. The number of hydrogen-bond donors (Lipinski definition) is 1. The molecule has 2 aromatic rings. The Bertz CT molecular complexity index is 459. The van der Waals surface area contributed by atoms with Gasteiger partial charge in [0.05, 0.1) is 18.8 Å². The maximum absolute atomic E-state index is 11.7. The third-order valence-electron chi connectivity index (χ3n) is 2.21. The van der Waals surface area contributed by atoms with Gasteiger partial charge in [0.1, 0.15) is 5.69 Å². The number of H-pyrrole nitrogens is 1. The molecule has 0 aromatic carbocycles. The molecule has 1 amide bonds. The monoisotopic (exact) mass is 205 g/mol. The number of amides is 1. The molecule has 0 fully saturated rings. The predicted molar refractivity (Wildman–Crippen MR) is 55.2 cm³/mol. The number of fused-ring (bicyclic) bond motifs is 1. The fourth-order valence-corrected chi connectivity index (χ4v) is 1.34. The first-order valence-corrected chi connectivity index (χ1v) is 4.47. The van der Waals surface area contributed by atoms with Crippen molar-refractivity contribution >= 4 is 16.8 Å². The molecule has 0 bridgehead atoms. The van der Waals surface area contributed by atoms with Crippen molar-refractivity contribution in [3.05, 3.63) is 30.2 Å². The van der Waals surface area contributed by atoms with Crippen LogP contribution in [-0.2, 0) is 4.84 Å². The van der Waals surface area contributed by atoms with Crippen molar-refractivity contribution in [3.63, 3.8) is 0 Å². The van der Waals surface area contributed by atoms with Crippen molar-refractivity contribution in [3.8, 4) is 0 Å². The van der Waals surface area contributed by atoms with E-state index in [2.05, 4.69) is 9.97 Å². The molecule has 15 heavy (non-hydrogen) atoms. The molecule has 0 aliphatic carbocycles. The highest BCUT2D eigenvalue weighted by Gasteiger charge is 2.13. The first-order chi connectivity index (χ1) is 7.22. The van der Waals surface area contributed by atoms with Crippen molar-refractivity contribution < 1.29 is 9.63 Å². The van der Waals surface area contributed by atoms with Gasteiger partial charge in [-0.15, -0.1) is 0 Å². The number of carbonyl (C=O) groups excluding carboxylic acids is 1. The molecule has 5 heteroatoms. The van der Waals surface area contributed by atoms with E-state index in [-0.39, 0.29) is 5.91 Å².